The molecule has 20 heavy (non-hydrogen) atoms. The highest BCUT2D eigenvalue weighted by atomic mass is 32.2. The first-order valence-electron chi connectivity index (χ1n) is 7.97. The molecule has 0 bridgehead atoms. The lowest BCUT2D eigenvalue weighted by molar-refractivity contribution is 0.306. The molecule has 1 aliphatic rings. The quantitative estimate of drug-likeness (QED) is 0.762. The van der Waals surface area contributed by atoms with Gasteiger partial charge in [0, 0.05) is 30.9 Å². The second-order valence-electron chi connectivity index (χ2n) is 5.77. The van der Waals surface area contributed by atoms with Crippen LogP contribution in [-0.4, -0.2) is 28.7 Å². The molecule has 0 saturated carbocycles. The summed E-state index contributed by atoms with van der Waals surface area (Å²) in [4.78, 5) is 0. The molecular weight excluding hydrogens is 264 g/mol. The first kappa shape index (κ1) is 15.9. The third kappa shape index (κ3) is 5.47. The zero-order valence-electron chi connectivity index (χ0n) is 12.8. The third-order valence-corrected chi connectivity index (χ3v) is 5.17. The van der Waals surface area contributed by atoms with Gasteiger partial charge in [-0.3, -0.25) is 4.31 Å². The van der Waals surface area contributed by atoms with Gasteiger partial charge in [0.2, 0.25) is 0 Å². The van der Waals surface area contributed by atoms with E-state index in [0.717, 1.165) is 11.8 Å². The number of nitrogens with zero attached hydrogens (tertiary/aromatic N) is 1. The van der Waals surface area contributed by atoms with Gasteiger partial charge in [0.1, 0.15) is 0 Å². The summed E-state index contributed by atoms with van der Waals surface area (Å²) in [5.41, 5.74) is 1.39. The van der Waals surface area contributed by atoms with Crippen molar-refractivity contribution in [3.8, 4) is 0 Å². The Kier molecular flexibility index (Phi) is 6.91. The monoisotopic (exact) mass is 292 g/mol. The first-order chi connectivity index (χ1) is 9.78. The van der Waals surface area contributed by atoms with Crippen molar-refractivity contribution in [3.05, 3.63) is 35.9 Å². The molecule has 0 spiro atoms. The van der Waals surface area contributed by atoms with Gasteiger partial charge in [0.15, 0.2) is 0 Å². The normalized spacial score (nSPS) is 19.1. The van der Waals surface area contributed by atoms with Crippen molar-refractivity contribution in [1.82, 2.24) is 9.62 Å². The summed E-state index contributed by atoms with van der Waals surface area (Å²) in [6.45, 7) is 8.09. The van der Waals surface area contributed by atoms with Crippen LogP contribution in [-0.2, 0) is 6.54 Å². The van der Waals surface area contributed by atoms with E-state index in [1.807, 2.05) is 0 Å². The Morgan fingerprint density at radius 1 is 1.25 bits per heavy atom. The fourth-order valence-electron chi connectivity index (χ4n) is 2.74. The van der Waals surface area contributed by atoms with E-state index in [2.05, 4.69) is 65.7 Å². The van der Waals surface area contributed by atoms with Gasteiger partial charge in [-0.05, 0) is 24.8 Å². The average molecular weight is 292 g/mol. The molecule has 2 rings (SSSR count). The predicted molar refractivity (Wildman–Crippen MR) is 89.8 cm³/mol. The van der Waals surface area contributed by atoms with Crippen LogP contribution in [0.25, 0.3) is 0 Å². The lowest BCUT2D eigenvalue weighted by atomic mass is 10.1. The van der Waals surface area contributed by atoms with E-state index in [9.17, 15) is 0 Å². The number of nitrogens with one attached hydrogen (secondary N) is 1. The highest BCUT2D eigenvalue weighted by Crippen LogP contribution is 2.24. The van der Waals surface area contributed by atoms with E-state index in [1.165, 1.54) is 44.3 Å². The van der Waals surface area contributed by atoms with Crippen LogP contribution in [0.4, 0.5) is 0 Å². The molecule has 2 nitrogen and oxygen atoms in total. The van der Waals surface area contributed by atoms with Crippen LogP contribution < -0.4 is 5.32 Å². The van der Waals surface area contributed by atoms with E-state index < -0.39 is 0 Å². The van der Waals surface area contributed by atoms with Crippen LogP contribution in [0, 0.1) is 0 Å². The Balaban J connectivity index is 1.64. The molecule has 0 aromatic heterocycles. The van der Waals surface area contributed by atoms with Crippen molar-refractivity contribution in [2.24, 2.45) is 0 Å². The Morgan fingerprint density at radius 2 is 1.95 bits per heavy atom. The first-order valence-corrected chi connectivity index (χ1v) is 8.80. The van der Waals surface area contributed by atoms with Crippen molar-refractivity contribution >= 4 is 11.9 Å². The smallest absolute Gasteiger partial charge is 0.0208 e. The van der Waals surface area contributed by atoms with Crippen molar-refractivity contribution < 1.29 is 0 Å². The summed E-state index contributed by atoms with van der Waals surface area (Å²) in [6.07, 6.45) is 5.18. The lowest BCUT2D eigenvalue weighted by Gasteiger charge is -2.33. The highest BCUT2D eigenvalue weighted by Gasteiger charge is 2.20. The van der Waals surface area contributed by atoms with Crippen molar-refractivity contribution in [1.29, 1.82) is 0 Å². The molecule has 1 aromatic rings. The van der Waals surface area contributed by atoms with E-state index in [4.69, 9.17) is 0 Å². The Bertz CT molecular complexity index is 361. The highest BCUT2D eigenvalue weighted by molar-refractivity contribution is 7.97. The van der Waals surface area contributed by atoms with Crippen molar-refractivity contribution in [3.63, 3.8) is 0 Å². The number of rotatable bonds is 7. The minimum atomic E-state index is 0.688. The van der Waals surface area contributed by atoms with E-state index in [1.54, 1.807) is 0 Å². The number of hydrogen-bond donors (Lipinski definition) is 1. The summed E-state index contributed by atoms with van der Waals surface area (Å²) in [5.74, 6) is 0. The predicted octanol–water partition coefficient (Wildman–Crippen LogP) is 4.08. The van der Waals surface area contributed by atoms with E-state index in [0.29, 0.717) is 6.04 Å². The molecule has 1 N–H and O–H groups in total. The maximum Gasteiger partial charge on any atom is 0.0208 e. The van der Waals surface area contributed by atoms with E-state index in [-0.39, 0.29) is 0 Å². The zero-order chi connectivity index (χ0) is 14.2. The SMILES string of the molecule is CCCC(C)SN1CCC(NCc2ccccc2)CC1. The van der Waals surface area contributed by atoms with Gasteiger partial charge in [-0.2, -0.15) is 0 Å². The molecule has 1 saturated heterocycles. The Morgan fingerprint density at radius 3 is 2.60 bits per heavy atom. The fourth-order valence-corrected chi connectivity index (χ4v) is 4.01. The summed E-state index contributed by atoms with van der Waals surface area (Å²) in [6, 6.07) is 11.4. The van der Waals surface area contributed by atoms with Gasteiger partial charge in [-0.15, -0.1) is 0 Å². The number of benzene rings is 1. The molecule has 1 aliphatic heterocycles. The molecule has 0 amide bonds. The fraction of sp³-hybridized carbons (Fsp3) is 0.647. The average Bonchev–Trinajstić information content (AvgIpc) is 2.48. The molecule has 1 aromatic carbocycles. The number of piperidine rings is 1. The molecule has 112 valence electrons. The molecule has 1 atom stereocenters. The molecule has 3 heteroatoms. The van der Waals surface area contributed by atoms with Crippen LogP contribution in [0.1, 0.15) is 45.1 Å². The summed E-state index contributed by atoms with van der Waals surface area (Å²) in [5, 5.41) is 4.47. The summed E-state index contributed by atoms with van der Waals surface area (Å²) >= 11 is 2.07. The second kappa shape index (κ2) is 8.71. The van der Waals surface area contributed by atoms with Crippen molar-refractivity contribution in [2.45, 2.75) is 57.4 Å². The maximum absolute atomic E-state index is 3.70. The molecule has 1 unspecified atom stereocenters. The van der Waals surface area contributed by atoms with Crippen LogP contribution in [0.5, 0.6) is 0 Å². The van der Waals surface area contributed by atoms with E-state index >= 15 is 0 Å². The third-order valence-electron chi connectivity index (χ3n) is 3.92. The molecule has 0 aliphatic carbocycles. The molecular formula is C17H28N2S. The molecule has 0 radical (unpaired) electrons. The number of hydrogen-bond acceptors (Lipinski definition) is 3. The van der Waals surface area contributed by atoms with Crippen molar-refractivity contribution in [2.75, 3.05) is 13.1 Å². The lowest BCUT2D eigenvalue weighted by Crippen LogP contribution is -2.40. The molecule has 1 heterocycles. The topological polar surface area (TPSA) is 15.3 Å². The molecule has 1 fully saturated rings. The van der Waals surface area contributed by atoms with Gasteiger partial charge < -0.3 is 5.32 Å². The van der Waals surface area contributed by atoms with Crippen LogP contribution in [0.15, 0.2) is 30.3 Å². The summed E-state index contributed by atoms with van der Waals surface area (Å²) in [7, 11) is 0. The van der Waals surface area contributed by atoms with Gasteiger partial charge in [-0.25, -0.2) is 0 Å². The second-order valence-corrected chi connectivity index (χ2v) is 7.31. The largest absolute Gasteiger partial charge is 0.310 e. The van der Waals surface area contributed by atoms with Gasteiger partial charge in [0.05, 0.1) is 0 Å². The minimum Gasteiger partial charge on any atom is -0.310 e. The van der Waals surface area contributed by atoms with Crippen LogP contribution in [0.2, 0.25) is 0 Å². The Hall–Kier alpha value is -0.510. The van der Waals surface area contributed by atoms with Crippen LogP contribution >= 0.6 is 11.9 Å². The van der Waals surface area contributed by atoms with Crippen LogP contribution in [0.3, 0.4) is 0 Å². The van der Waals surface area contributed by atoms with Gasteiger partial charge in [-0.1, -0.05) is 62.5 Å². The van der Waals surface area contributed by atoms with Gasteiger partial charge >= 0.3 is 0 Å². The standard InChI is InChI=1S/C17H28N2S/c1-3-7-15(2)20-19-12-10-17(11-13-19)18-14-16-8-5-4-6-9-16/h4-6,8-9,15,17-18H,3,7,10-14H2,1-2H3. The zero-order valence-corrected chi connectivity index (χ0v) is 13.7. The minimum absolute atomic E-state index is 0.688. The maximum atomic E-state index is 3.70. The Labute approximate surface area is 128 Å². The van der Waals surface area contributed by atoms with Gasteiger partial charge in [0.25, 0.3) is 0 Å². The summed E-state index contributed by atoms with van der Waals surface area (Å²) < 4.78 is 2.57.